The van der Waals surface area contributed by atoms with Gasteiger partial charge in [0.15, 0.2) is 0 Å². The molecule has 0 bridgehead atoms. The number of thiophene rings is 1. The lowest BCUT2D eigenvalue weighted by Gasteiger charge is -2.23. The molecule has 3 aromatic heterocycles. The fraction of sp³-hybridized carbons (Fsp3) is 0.0625. The van der Waals surface area contributed by atoms with Gasteiger partial charge in [0.1, 0.15) is 11.6 Å². The Morgan fingerprint density at radius 2 is 2.13 bits per heavy atom. The number of ether oxygens (including phenoxy) is 1. The van der Waals surface area contributed by atoms with E-state index in [-0.39, 0.29) is 11.8 Å². The average Bonchev–Trinajstić information content (AvgIpc) is 3.24. The van der Waals surface area contributed by atoms with Crippen LogP contribution in [0, 0.1) is 11.3 Å². The zero-order valence-corrected chi connectivity index (χ0v) is 12.7. The minimum atomic E-state index is -0.295. The number of hydrogen-bond donors (Lipinski definition) is 2. The lowest BCUT2D eigenvalue weighted by atomic mass is 9.84. The first-order chi connectivity index (χ1) is 11.3. The van der Waals surface area contributed by atoms with Crippen LogP contribution in [-0.2, 0) is 0 Å². The first kappa shape index (κ1) is 13.5. The third kappa shape index (κ3) is 2.08. The Hall–Kier alpha value is -3.11. The first-order valence-electron chi connectivity index (χ1n) is 6.88. The van der Waals surface area contributed by atoms with E-state index < -0.39 is 0 Å². The van der Waals surface area contributed by atoms with Gasteiger partial charge in [0, 0.05) is 18.0 Å². The standard InChI is InChI=1S/C16H11N5OS/c17-7-11-12(10-3-6-23-8-10)13-14(9-1-4-19-5-2-9)20-21-16(13)22-15(11)18/h1-6,8,12H,18H2,(H,20,21)/t12-/m1/s1. The van der Waals surface area contributed by atoms with Crippen LogP contribution in [0.15, 0.2) is 52.8 Å². The third-order valence-corrected chi connectivity index (χ3v) is 4.49. The van der Waals surface area contributed by atoms with Gasteiger partial charge in [-0.15, -0.1) is 5.10 Å². The number of fused-ring (bicyclic) bond motifs is 1. The maximum atomic E-state index is 9.55. The van der Waals surface area contributed by atoms with Crippen LogP contribution in [-0.4, -0.2) is 15.2 Å². The van der Waals surface area contributed by atoms with E-state index in [1.54, 1.807) is 23.7 Å². The topological polar surface area (TPSA) is 101 Å². The molecule has 0 saturated carbocycles. The highest BCUT2D eigenvalue weighted by atomic mass is 32.1. The van der Waals surface area contributed by atoms with Gasteiger partial charge in [-0.25, -0.2) is 0 Å². The number of pyridine rings is 1. The first-order valence-corrected chi connectivity index (χ1v) is 7.82. The Bertz CT molecular complexity index is 921. The smallest absolute Gasteiger partial charge is 0.244 e. The van der Waals surface area contributed by atoms with E-state index in [2.05, 4.69) is 21.3 Å². The minimum Gasteiger partial charge on any atom is -0.420 e. The summed E-state index contributed by atoms with van der Waals surface area (Å²) >= 11 is 1.57. The van der Waals surface area contributed by atoms with Crippen LogP contribution in [0.1, 0.15) is 17.0 Å². The second-order valence-corrected chi connectivity index (χ2v) is 5.81. The molecule has 1 aliphatic rings. The van der Waals surface area contributed by atoms with Crippen molar-refractivity contribution in [3.8, 4) is 23.2 Å². The SMILES string of the molecule is N#CC1=C(N)Oc2n[nH]c(-c3ccncc3)c2[C@@H]1c1ccsc1. The quantitative estimate of drug-likeness (QED) is 0.756. The monoisotopic (exact) mass is 321 g/mol. The number of aromatic nitrogens is 3. The van der Waals surface area contributed by atoms with Crippen molar-refractivity contribution in [2.24, 2.45) is 5.73 Å². The normalized spacial score (nSPS) is 16.6. The van der Waals surface area contributed by atoms with Crippen molar-refractivity contribution in [2.75, 3.05) is 0 Å². The van der Waals surface area contributed by atoms with Crippen LogP contribution in [0.4, 0.5) is 0 Å². The molecule has 23 heavy (non-hydrogen) atoms. The van der Waals surface area contributed by atoms with Gasteiger partial charge in [0.05, 0.1) is 17.2 Å². The molecule has 4 rings (SSSR count). The third-order valence-electron chi connectivity index (χ3n) is 3.78. The summed E-state index contributed by atoms with van der Waals surface area (Å²) in [5, 5.41) is 20.8. The van der Waals surface area contributed by atoms with Gasteiger partial charge in [0.2, 0.25) is 11.8 Å². The fourth-order valence-corrected chi connectivity index (χ4v) is 3.44. The van der Waals surface area contributed by atoms with Crippen molar-refractivity contribution < 1.29 is 4.74 Å². The molecule has 4 heterocycles. The zero-order chi connectivity index (χ0) is 15.8. The van der Waals surface area contributed by atoms with Crippen molar-refractivity contribution >= 4 is 11.3 Å². The number of nitrogens with two attached hydrogens (primary N) is 1. The molecule has 0 saturated heterocycles. The largest absolute Gasteiger partial charge is 0.420 e. The van der Waals surface area contributed by atoms with E-state index in [0.29, 0.717) is 11.5 Å². The van der Waals surface area contributed by atoms with Gasteiger partial charge in [-0.2, -0.15) is 16.6 Å². The van der Waals surface area contributed by atoms with Gasteiger partial charge in [-0.05, 0) is 34.5 Å². The fourth-order valence-electron chi connectivity index (χ4n) is 2.76. The highest BCUT2D eigenvalue weighted by Gasteiger charge is 2.35. The Morgan fingerprint density at radius 3 is 2.83 bits per heavy atom. The number of aromatic amines is 1. The molecule has 0 aliphatic carbocycles. The van der Waals surface area contributed by atoms with Crippen molar-refractivity contribution in [1.29, 1.82) is 5.26 Å². The lowest BCUT2D eigenvalue weighted by molar-refractivity contribution is 0.379. The Kier molecular flexibility index (Phi) is 3.10. The zero-order valence-electron chi connectivity index (χ0n) is 11.9. The molecule has 7 heteroatoms. The van der Waals surface area contributed by atoms with Gasteiger partial charge in [0.25, 0.3) is 0 Å². The molecule has 0 spiro atoms. The number of H-pyrrole nitrogens is 1. The Balaban J connectivity index is 1.96. The number of allylic oxidation sites excluding steroid dienone is 1. The van der Waals surface area contributed by atoms with E-state index >= 15 is 0 Å². The molecule has 6 nitrogen and oxygen atoms in total. The number of nitrogens with zero attached hydrogens (tertiary/aromatic N) is 3. The molecule has 0 aromatic carbocycles. The maximum Gasteiger partial charge on any atom is 0.244 e. The summed E-state index contributed by atoms with van der Waals surface area (Å²) in [6.07, 6.45) is 3.42. The summed E-state index contributed by atoms with van der Waals surface area (Å²) in [5.74, 6) is 0.213. The molecule has 1 aliphatic heterocycles. The molecule has 3 aromatic rings. The van der Waals surface area contributed by atoms with Crippen molar-refractivity contribution in [3.63, 3.8) is 0 Å². The van der Waals surface area contributed by atoms with Gasteiger partial charge < -0.3 is 10.5 Å². The van der Waals surface area contributed by atoms with Crippen LogP contribution in [0.3, 0.4) is 0 Å². The second-order valence-electron chi connectivity index (χ2n) is 5.03. The van der Waals surface area contributed by atoms with Crippen LogP contribution >= 0.6 is 11.3 Å². The lowest BCUT2D eigenvalue weighted by Crippen LogP contribution is -2.20. The second kappa shape index (κ2) is 5.26. The molecular formula is C16H11N5OS. The molecule has 1 atom stereocenters. The van der Waals surface area contributed by atoms with E-state index in [1.807, 2.05) is 29.0 Å². The molecule has 0 amide bonds. The summed E-state index contributed by atoms with van der Waals surface area (Å²) in [6, 6.07) is 7.93. The highest BCUT2D eigenvalue weighted by molar-refractivity contribution is 7.08. The van der Waals surface area contributed by atoms with Crippen LogP contribution in [0.5, 0.6) is 5.88 Å². The predicted octanol–water partition coefficient (Wildman–Crippen LogP) is 2.75. The Labute approximate surface area is 135 Å². The molecule has 0 unspecified atom stereocenters. The number of nitrogens with one attached hydrogen (secondary N) is 1. The summed E-state index contributed by atoms with van der Waals surface area (Å²) < 4.78 is 5.55. The Morgan fingerprint density at radius 1 is 1.30 bits per heavy atom. The minimum absolute atomic E-state index is 0.101. The van der Waals surface area contributed by atoms with E-state index in [1.165, 1.54) is 0 Å². The molecule has 112 valence electrons. The summed E-state index contributed by atoms with van der Waals surface area (Å²) in [5.41, 5.74) is 9.87. The van der Waals surface area contributed by atoms with Crippen LogP contribution < -0.4 is 10.5 Å². The van der Waals surface area contributed by atoms with Crippen LogP contribution in [0.25, 0.3) is 11.3 Å². The maximum absolute atomic E-state index is 9.55. The van der Waals surface area contributed by atoms with Crippen molar-refractivity contribution in [2.45, 2.75) is 5.92 Å². The average molecular weight is 321 g/mol. The predicted molar refractivity (Wildman–Crippen MR) is 85.4 cm³/mol. The van der Waals surface area contributed by atoms with Gasteiger partial charge in [-0.3, -0.25) is 10.1 Å². The summed E-state index contributed by atoms with van der Waals surface area (Å²) in [6.45, 7) is 0. The molecular weight excluding hydrogens is 310 g/mol. The van der Waals surface area contributed by atoms with E-state index in [9.17, 15) is 5.26 Å². The summed E-state index contributed by atoms with van der Waals surface area (Å²) in [7, 11) is 0. The molecule has 3 N–H and O–H groups in total. The van der Waals surface area contributed by atoms with Crippen molar-refractivity contribution in [3.05, 3.63) is 63.9 Å². The van der Waals surface area contributed by atoms with Gasteiger partial charge in [-0.1, -0.05) is 0 Å². The highest BCUT2D eigenvalue weighted by Crippen LogP contribution is 2.45. The molecule has 0 fully saturated rings. The van der Waals surface area contributed by atoms with E-state index in [4.69, 9.17) is 10.5 Å². The summed E-state index contributed by atoms with van der Waals surface area (Å²) in [4.78, 5) is 4.03. The number of rotatable bonds is 2. The number of nitriles is 1. The van der Waals surface area contributed by atoms with Crippen molar-refractivity contribution in [1.82, 2.24) is 15.2 Å². The van der Waals surface area contributed by atoms with Gasteiger partial charge >= 0.3 is 0 Å². The van der Waals surface area contributed by atoms with Crippen LogP contribution in [0.2, 0.25) is 0 Å². The number of hydrogen-bond acceptors (Lipinski definition) is 6. The molecule has 0 radical (unpaired) electrons. The van der Waals surface area contributed by atoms with E-state index in [0.717, 1.165) is 22.4 Å².